The Bertz CT molecular complexity index is 1130. The molecule has 1 atom stereocenters. The molecule has 1 aliphatic heterocycles. The molecule has 1 aromatic heterocycles. The van der Waals surface area contributed by atoms with Gasteiger partial charge in [0.15, 0.2) is 18.1 Å². The van der Waals surface area contributed by atoms with Crippen LogP contribution in [0.3, 0.4) is 0 Å². The fourth-order valence-electron chi connectivity index (χ4n) is 3.97. The predicted octanol–water partition coefficient (Wildman–Crippen LogP) is 3.01. The number of methoxy groups -OCH3 is 1. The van der Waals surface area contributed by atoms with Crippen molar-refractivity contribution in [3.63, 3.8) is 0 Å². The maximum atomic E-state index is 13.0. The Kier molecular flexibility index (Phi) is 6.88. The van der Waals surface area contributed by atoms with Crippen LogP contribution in [0.4, 0.5) is 0 Å². The van der Waals surface area contributed by atoms with Crippen molar-refractivity contribution in [1.29, 1.82) is 0 Å². The van der Waals surface area contributed by atoms with E-state index in [0.717, 1.165) is 22.3 Å². The molecule has 1 N–H and O–H groups in total. The first-order chi connectivity index (χ1) is 16.0. The molecule has 7 heteroatoms. The lowest BCUT2D eigenvalue weighted by Gasteiger charge is -2.35. The van der Waals surface area contributed by atoms with Crippen LogP contribution in [0, 0.1) is 6.92 Å². The quantitative estimate of drug-likeness (QED) is 0.605. The monoisotopic (exact) mass is 445 g/mol. The van der Waals surface area contributed by atoms with E-state index < -0.39 is 6.04 Å². The Morgan fingerprint density at radius 2 is 1.97 bits per heavy atom. The molecule has 4 rings (SSSR count). The number of nitrogens with zero attached hydrogens (tertiary/aromatic N) is 2. The van der Waals surface area contributed by atoms with E-state index in [-0.39, 0.29) is 18.4 Å². The van der Waals surface area contributed by atoms with Crippen LogP contribution < -0.4 is 14.8 Å². The van der Waals surface area contributed by atoms with E-state index in [1.807, 2.05) is 55.5 Å². The molecule has 0 radical (unpaired) electrons. The third kappa shape index (κ3) is 5.31. The first-order valence-corrected chi connectivity index (χ1v) is 10.9. The SMILES string of the molecule is COc1cc(C)ccc1OCC(=O)N1CCNC(=O)[C@@H]1Cc1cccc(-c2cccnc2)c1. The summed E-state index contributed by atoms with van der Waals surface area (Å²) in [7, 11) is 1.56. The van der Waals surface area contributed by atoms with Gasteiger partial charge in [0.25, 0.3) is 5.91 Å². The molecule has 0 unspecified atom stereocenters. The summed E-state index contributed by atoms with van der Waals surface area (Å²) in [6.07, 6.45) is 3.95. The zero-order chi connectivity index (χ0) is 23.2. The van der Waals surface area contributed by atoms with Crippen LogP contribution in [0.1, 0.15) is 11.1 Å². The van der Waals surface area contributed by atoms with Crippen LogP contribution in [0.2, 0.25) is 0 Å². The minimum atomic E-state index is -0.598. The number of hydrogen-bond donors (Lipinski definition) is 1. The summed E-state index contributed by atoms with van der Waals surface area (Å²) in [5, 5.41) is 2.88. The van der Waals surface area contributed by atoms with E-state index in [2.05, 4.69) is 10.3 Å². The summed E-state index contributed by atoms with van der Waals surface area (Å²) < 4.78 is 11.1. The van der Waals surface area contributed by atoms with Crippen LogP contribution in [-0.2, 0) is 16.0 Å². The van der Waals surface area contributed by atoms with Crippen molar-refractivity contribution in [2.75, 3.05) is 26.8 Å². The highest BCUT2D eigenvalue weighted by atomic mass is 16.5. The lowest BCUT2D eigenvalue weighted by molar-refractivity contribution is -0.144. The molecule has 3 aromatic rings. The lowest BCUT2D eigenvalue weighted by Crippen LogP contribution is -2.58. The highest BCUT2D eigenvalue weighted by Crippen LogP contribution is 2.28. The van der Waals surface area contributed by atoms with Crippen molar-refractivity contribution in [2.45, 2.75) is 19.4 Å². The van der Waals surface area contributed by atoms with E-state index in [1.54, 1.807) is 30.5 Å². The fraction of sp³-hybridized carbons (Fsp3) is 0.269. The minimum Gasteiger partial charge on any atom is -0.493 e. The van der Waals surface area contributed by atoms with E-state index in [4.69, 9.17) is 9.47 Å². The van der Waals surface area contributed by atoms with Crippen LogP contribution in [0.25, 0.3) is 11.1 Å². The molecule has 33 heavy (non-hydrogen) atoms. The number of nitrogens with one attached hydrogen (secondary N) is 1. The number of aryl methyl sites for hydroxylation is 1. The number of amides is 2. The number of aromatic nitrogens is 1. The van der Waals surface area contributed by atoms with E-state index in [1.165, 1.54) is 0 Å². The molecule has 1 aliphatic rings. The molecule has 0 aliphatic carbocycles. The van der Waals surface area contributed by atoms with Crippen molar-refractivity contribution in [3.8, 4) is 22.6 Å². The number of benzene rings is 2. The van der Waals surface area contributed by atoms with Gasteiger partial charge in [0, 0.05) is 31.9 Å². The van der Waals surface area contributed by atoms with Gasteiger partial charge >= 0.3 is 0 Å². The minimum absolute atomic E-state index is 0.158. The first kappa shape index (κ1) is 22.3. The molecule has 0 saturated carbocycles. The average Bonchev–Trinajstić information content (AvgIpc) is 2.85. The Labute approximate surface area is 193 Å². The molecule has 2 aromatic carbocycles. The highest BCUT2D eigenvalue weighted by Gasteiger charge is 2.33. The number of carbonyl (C=O) groups is 2. The third-order valence-corrected chi connectivity index (χ3v) is 5.67. The standard InChI is InChI=1S/C26H27N3O4/c1-18-8-9-23(24(13-18)32-2)33-17-25(30)29-12-11-28-26(31)22(29)15-19-5-3-6-20(14-19)21-7-4-10-27-16-21/h3-10,13-14,16,22H,11-12,15,17H2,1-2H3,(H,28,31)/t22-/m0/s1. The number of rotatable bonds is 7. The van der Waals surface area contributed by atoms with Crippen molar-refractivity contribution in [3.05, 3.63) is 78.1 Å². The van der Waals surface area contributed by atoms with Gasteiger partial charge in [-0.25, -0.2) is 0 Å². The zero-order valence-corrected chi connectivity index (χ0v) is 18.8. The van der Waals surface area contributed by atoms with Crippen molar-refractivity contribution in [2.24, 2.45) is 0 Å². The molecule has 1 saturated heterocycles. The van der Waals surface area contributed by atoms with E-state index in [0.29, 0.717) is 31.0 Å². The topological polar surface area (TPSA) is 80.8 Å². The second-order valence-corrected chi connectivity index (χ2v) is 7.98. The Morgan fingerprint density at radius 3 is 2.76 bits per heavy atom. The van der Waals surface area contributed by atoms with E-state index >= 15 is 0 Å². The van der Waals surface area contributed by atoms with Gasteiger partial charge in [-0.15, -0.1) is 0 Å². The first-order valence-electron chi connectivity index (χ1n) is 10.9. The summed E-state index contributed by atoms with van der Waals surface area (Å²) in [5.41, 5.74) is 4.02. The van der Waals surface area contributed by atoms with Gasteiger partial charge in [-0.3, -0.25) is 14.6 Å². The molecular formula is C26H27N3O4. The van der Waals surface area contributed by atoms with Crippen molar-refractivity contribution < 1.29 is 19.1 Å². The second kappa shape index (κ2) is 10.2. The van der Waals surface area contributed by atoms with E-state index in [9.17, 15) is 9.59 Å². The maximum Gasteiger partial charge on any atom is 0.261 e. The largest absolute Gasteiger partial charge is 0.493 e. The van der Waals surface area contributed by atoms with Gasteiger partial charge in [0.2, 0.25) is 5.91 Å². The van der Waals surface area contributed by atoms with Crippen LogP contribution in [0.5, 0.6) is 11.5 Å². The van der Waals surface area contributed by atoms with Gasteiger partial charge in [-0.05, 0) is 47.4 Å². The maximum absolute atomic E-state index is 13.0. The summed E-state index contributed by atoms with van der Waals surface area (Å²) in [4.78, 5) is 31.5. The molecule has 1 fully saturated rings. The zero-order valence-electron chi connectivity index (χ0n) is 18.8. The highest BCUT2D eigenvalue weighted by molar-refractivity contribution is 5.89. The third-order valence-electron chi connectivity index (χ3n) is 5.67. The Morgan fingerprint density at radius 1 is 1.12 bits per heavy atom. The number of ether oxygens (including phenoxy) is 2. The molecular weight excluding hydrogens is 418 g/mol. The number of piperazine rings is 1. The van der Waals surface area contributed by atoms with Gasteiger partial charge in [0.05, 0.1) is 7.11 Å². The van der Waals surface area contributed by atoms with Crippen molar-refractivity contribution in [1.82, 2.24) is 15.2 Å². The lowest BCUT2D eigenvalue weighted by atomic mass is 9.98. The summed E-state index contributed by atoms with van der Waals surface area (Å²) >= 11 is 0. The number of hydrogen-bond acceptors (Lipinski definition) is 5. The molecule has 170 valence electrons. The molecule has 7 nitrogen and oxygen atoms in total. The fourth-order valence-corrected chi connectivity index (χ4v) is 3.97. The van der Waals surface area contributed by atoms with Crippen LogP contribution in [-0.4, -0.2) is 54.5 Å². The van der Waals surface area contributed by atoms with Gasteiger partial charge in [0.1, 0.15) is 6.04 Å². The molecule has 2 amide bonds. The average molecular weight is 446 g/mol. The Hall–Kier alpha value is -3.87. The van der Waals surface area contributed by atoms with Crippen LogP contribution >= 0.6 is 0 Å². The Balaban J connectivity index is 1.48. The smallest absolute Gasteiger partial charge is 0.261 e. The van der Waals surface area contributed by atoms with Gasteiger partial charge in [-0.1, -0.05) is 36.4 Å². The van der Waals surface area contributed by atoms with Crippen molar-refractivity contribution >= 4 is 11.8 Å². The predicted molar refractivity (Wildman–Crippen MR) is 125 cm³/mol. The summed E-state index contributed by atoms with van der Waals surface area (Å²) in [5.74, 6) is 0.678. The molecule has 2 heterocycles. The molecule has 0 spiro atoms. The molecule has 0 bridgehead atoms. The summed E-state index contributed by atoms with van der Waals surface area (Å²) in [6, 6.07) is 16.8. The number of carbonyl (C=O) groups excluding carboxylic acids is 2. The second-order valence-electron chi connectivity index (χ2n) is 7.98. The van der Waals surface area contributed by atoms with Gasteiger partial charge in [-0.2, -0.15) is 0 Å². The summed E-state index contributed by atoms with van der Waals surface area (Å²) in [6.45, 7) is 2.65. The van der Waals surface area contributed by atoms with Gasteiger partial charge < -0.3 is 19.7 Å². The number of pyridine rings is 1. The normalized spacial score (nSPS) is 15.6. The van der Waals surface area contributed by atoms with Crippen LogP contribution in [0.15, 0.2) is 67.0 Å².